The number of anilines is 1. The number of benzene rings is 1. The van der Waals surface area contributed by atoms with Gasteiger partial charge in [0.15, 0.2) is 5.13 Å². The van der Waals surface area contributed by atoms with Crippen molar-refractivity contribution in [3.63, 3.8) is 0 Å². The quantitative estimate of drug-likeness (QED) is 0.887. The monoisotopic (exact) mass is 361 g/mol. The van der Waals surface area contributed by atoms with Gasteiger partial charge in [-0.25, -0.2) is 4.98 Å². The molecule has 1 saturated heterocycles. The number of ether oxygens (including phenoxy) is 1. The second-order valence-corrected chi connectivity index (χ2v) is 7.28. The molecule has 7 heteroatoms. The Hall–Kier alpha value is -2.15. The van der Waals surface area contributed by atoms with Crippen molar-refractivity contribution < 1.29 is 14.3 Å². The van der Waals surface area contributed by atoms with Gasteiger partial charge in [-0.05, 0) is 37.5 Å². The molecule has 1 aromatic heterocycles. The predicted molar refractivity (Wildman–Crippen MR) is 99.0 cm³/mol. The summed E-state index contributed by atoms with van der Waals surface area (Å²) in [4.78, 5) is 30.8. The first-order valence-corrected chi connectivity index (χ1v) is 9.45. The van der Waals surface area contributed by atoms with Crippen molar-refractivity contribution in [1.29, 1.82) is 0 Å². The number of piperidine rings is 1. The standard InChI is InChI=1S/C18H23N3O3S/c1-3-4-16(22)21-9-7-12(8-10-21)17(23)20-18-19-14-6-5-13(24-2)11-15(14)25-18/h5-6,11-12H,3-4,7-10H2,1-2H3,(H,19,20,23). The third-order valence-corrected chi connectivity index (χ3v) is 5.44. The van der Waals surface area contributed by atoms with E-state index in [1.807, 2.05) is 30.0 Å². The third kappa shape index (κ3) is 4.10. The second-order valence-electron chi connectivity index (χ2n) is 6.25. The van der Waals surface area contributed by atoms with Gasteiger partial charge in [-0.15, -0.1) is 0 Å². The lowest BCUT2D eigenvalue weighted by Crippen LogP contribution is -2.41. The van der Waals surface area contributed by atoms with Crippen LogP contribution in [0.25, 0.3) is 10.2 Å². The summed E-state index contributed by atoms with van der Waals surface area (Å²) in [6, 6.07) is 5.66. The zero-order valence-electron chi connectivity index (χ0n) is 14.6. The lowest BCUT2D eigenvalue weighted by Gasteiger charge is -2.31. The molecule has 3 rings (SSSR count). The number of likely N-dealkylation sites (tertiary alicyclic amines) is 1. The average molecular weight is 361 g/mol. The molecule has 1 aliphatic rings. The Morgan fingerprint density at radius 3 is 2.80 bits per heavy atom. The number of amides is 2. The first kappa shape index (κ1) is 17.7. The minimum absolute atomic E-state index is 0.00592. The van der Waals surface area contributed by atoms with Crippen molar-refractivity contribution >= 4 is 38.5 Å². The van der Waals surface area contributed by atoms with E-state index in [9.17, 15) is 9.59 Å². The summed E-state index contributed by atoms with van der Waals surface area (Å²) in [5.74, 6) is 0.903. The minimum Gasteiger partial charge on any atom is -0.497 e. The van der Waals surface area contributed by atoms with Crippen molar-refractivity contribution in [2.24, 2.45) is 5.92 Å². The van der Waals surface area contributed by atoms with Crippen molar-refractivity contribution in [2.45, 2.75) is 32.6 Å². The first-order valence-electron chi connectivity index (χ1n) is 8.64. The Morgan fingerprint density at radius 2 is 2.12 bits per heavy atom. The maximum absolute atomic E-state index is 12.5. The fourth-order valence-corrected chi connectivity index (χ4v) is 3.95. The number of fused-ring (bicyclic) bond motifs is 1. The SMILES string of the molecule is CCCC(=O)N1CCC(C(=O)Nc2nc3ccc(OC)cc3s2)CC1. The molecular weight excluding hydrogens is 338 g/mol. The lowest BCUT2D eigenvalue weighted by molar-refractivity contribution is -0.134. The molecule has 0 radical (unpaired) electrons. The first-order chi connectivity index (χ1) is 12.1. The smallest absolute Gasteiger partial charge is 0.229 e. The molecule has 2 heterocycles. The van der Waals surface area contributed by atoms with Gasteiger partial charge < -0.3 is 15.0 Å². The van der Waals surface area contributed by atoms with Gasteiger partial charge in [-0.2, -0.15) is 0 Å². The van der Waals surface area contributed by atoms with Gasteiger partial charge in [0.25, 0.3) is 0 Å². The molecule has 2 amide bonds. The van der Waals surface area contributed by atoms with Crippen molar-refractivity contribution in [1.82, 2.24) is 9.88 Å². The van der Waals surface area contributed by atoms with Gasteiger partial charge in [0.1, 0.15) is 5.75 Å². The number of nitrogens with one attached hydrogen (secondary N) is 1. The number of hydrogen-bond acceptors (Lipinski definition) is 5. The fourth-order valence-electron chi connectivity index (χ4n) is 3.06. The lowest BCUT2D eigenvalue weighted by atomic mass is 9.96. The van der Waals surface area contributed by atoms with Crippen molar-refractivity contribution in [2.75, 3.05) is 25.5 Å². The van der Waals surface area contributed by atoms with E-state index < -0.39 is 0 Å². The fraction of sp³-hybridized carbons (Fsp3) is 0.500. The third-order valence-electron chi connectivity index (χ3n) is 4.51. The van der Waals surface area contributed by atoms with Crippen LogP contribution in [0.2, 0.25) is 0 Å². The summed E-state index contributed by atoms with van der Waals surface area (Å²) in [5, 5.41) is 3.54. The average Bonchev–Trinajstić information content (AvgIpc) is 3.03. The Morgan fingerprint density at radius 1 is 1.36 bits per heavy atom. The minimum atomic E-state index is -0.0628. The highest BCUT2D eigenvalue weighted by Crippen LogP contribution is 2.30. The zero-order chi connectivity index (χ0) is 17.8. The predicted octanol–water partition coefficient (Wildman–Crippen LogP) is 3.28. The number of methoxy groups -OCH3 is 1. The van der Waals surface area contributed by atoms with Crippen LogP contribution in [0.15, 0.2) is 18.2 Å². The van der Waals surface area contributed by atoms with Gasteiger partial charge in [0, 0.05) is 25.4 Å². The van der Waals surface area contributed by atoms with E-state index in [1.54, 1.807) is 7.11 Å². The Kier molecular flexibility index (Phi) is 5.53. The summed E-state index contributed by atoms with van der Waals surface area (Å²) in [5.41, 5.74) is 0.848. The van der Waals surface area contributed by atoms with E-state index >= 15 is 0 Å². The van der Waals surface area contributed by atoms with Crippen LogP contribution >= 0.6 is 11.3 Å². The van der Waals surface area contributed by atoms with Crippen LogP contribution in [-0.2, 0) is 9.59 Å². The Bertz CT molecular complexity index is 766. The highest BCUT2D eigenvalue weighted by Gasteiger charge is 2.27. The van der Waals surface area contributed by atoms with E-state index in [0.717, 1.165) is 22.4 Å². The van der Waals surface area contributed by atoms with Gasteiger partial charge in [-0.1, -0.05) is 18.3 Å². The highest BCUT2D eigenvalue weighted by molar-refractivity contribution is 7.22. The summed E-state index contributed by atoms with van der Waals surface area (Å²) >= 11 is 1.44. The van der Waals surface area contributed by atoms with E-state index in [2.05, 4.69) is 10.3 Å². The maximum Gasteiger partial charge on any atom is 0.229 e. The number of carbonyl (C=O) groups is 2. The summed E-state index contributed by atoms with van der Waals surface area (Å²) in [7, 11) is 1.63. The second kappa shape index (κ2) is 7.82. The summed E-state index contributed by atoms with van der Waals surface area (Å²) < 4.78 is 6.19. The normalized spacial score (nSPS) is 15.4. The molecule has 0 aliphatic carbocycles. The number of aromatic nitrogens is 1. The number of nitrogens with zero attached hydrogens (tertiary/aromatic N) is 2. The molecule has 1 aromatic carbocycles. The Labute approximate surface area is 151 Å². The van der Waals surface area contributed by atoms with Crippen LogP contribution < -0.4 is 10.1 Å². The molecule has 0 bridgehead atoms. The molecule has 0 atom stereocenters. The molecule has 25 heavy (non-hydrogen) atoms. The molecule has 6 nitrogen and oxygen atoms in total. The molecule has 0 saturated carbocycles. The van der Waals surface area contributed by atoms with E-state index in [1.165, 1.54) is 11.3 Å². The van der Waals surface area contributed by atoms with E-state index in [0.29, 0.717) is 37.5 Å². The summed E-state index contributed by atoms with van der Waals surface area (Å²) in [6.45, 7) is 3.33. The van der Waals surface area contributed by atoms with Gasteiger partial charge in [0.05, 0.1) is 17.3 Å². The number of rotatable bonds is 5. The van der Waals surface area contributed by atoms with Crippen LogP contribution in [0.3, 0.4) is 0 Å². The van der Waals surface area contributed by atoms with E-state index in [-0.39, 0.29) is 17.7 Å². The molecule has 1 N–H and O–H groups in total. The van der Waals surface area contributed by atoms with Crippen LogP contribution in [0.5, 0.6) is 5.75 Å². The van der Waals surface area contributed by atoms with Crippen LogP contribution in [0, 0.1) is 5.92 Å². The topological polar surface area (TPSA) is 71.5 Å². The van der Waals surface area contributed by atoms with Gasteiger partial charge >= 0.3 is 0 Å². The van der Waals surface area contributed by atoms with Crippen LogP contribution in [-0.4, -0.2) is 41.9 Å². The van der Waals surface area contributed by atoms with Gasteiger partial charge in [-0.3, -0.25) is 9.59 Å². The van der Waals surface area contributed by atoms with E-state index in [4.69, 9.17) is 4.74 Å². The highest BCUT2D eigenvalue weighted by atomic mass is 32.1. The molecule has 0 spiro atoms. The Balaban J connectivity index is 1.58. The van der Waals surface area contributed by atoms with Crippen molar-refractivity contribution in [3.8, 4) is 5.75 Å². The largest absolute Gasteiger partial charge is 0.497 e. The van der Waals surface area contributed by atoms with Crippen LogP contribution in [0.4, 0.5) is 5.13 Å². The molecule has 134 valence electrons. The van der Waals surface area contributed by atoms with Gasteiger partial charge in [0.2, 0.25) is 11.8 Å². The number of thiazole rings is 1. The molecule has 0 unspecified atom stereocenters. The number of hydrogen-bond donors (Lipinski definition) is 1. The van der Waals surface area contributed by atoms with Crippen molar-refractivity contribution in [3.05, 3.63) is 18.2 Å². The molecule has 1 aliphatic heterocycles. The maximum atomic E-state index is 12.5. The summed E-state index contributed by atoms with van der Waals surface area (Å²) in [6.07, 6.45) is 2.87. The number of carbonyl (C=O) groups excluding carboxylic acids is 2. The zero-order valence-corrected chi connectivity index (χ0v) is 15.4. The molecule has 1 fully saturated rings. The molecule has 2 aromatic rings. The molecular formula is C18H23N3O3S. The van der Waals surface area contributed by atoms with Crippen LogP contribution in [0.1, 0.15) is 32.6 Å².